The van der Waals surface area contributed by atoms with Crippen LogP contribution < -0.4 is 10.3 Å². The quantitative estimate of drug-likeness (QED) is 0.619. The van der Waals surface area contributed by atoms with Gasteiger partial charge in [0.25, 0.3) is 0 Å². The molecular formula is C19H15F2NOS. The standard InChI is InChI=1S/C19H15F2NOS/c1-11-2-3-12-8-13(20)4-6-16(12)22(11)17-10-24-18-7-5-14(21)9-15(18)19(17)23/h4-11H,2-3H2,1H3/t11-/m0/s1. The van der Waals surface area contributed by atoms with Crippen LogP contribution in [0.4, 0.5) is 20.2 Å². The third-order valence-corrected chi connectivity index (χ3v) is 5.50. The van der Waals surface area contributed by atoms with Crippen molar-refractivity contribution in [3.63, 3.8) is 0 Å². The van der Waals surface area contributed by atoms with E-state index in [2.05, 4.69) is 0 Å². The first kappa shape index (κ1) is 15.3. The molecule has 1 atom stereocenters. The first-order valence-corrected chi connectivity index (χ1v) is 8.71. The van der Waals surface area contributed by atoms with Gasteiger partial charge in [-0.15, -0.1) is 11.3 Å². The zero-order valence-electron chi connectivity index (χ0n) is 13.1. The molecule has 0 saturated heterocycles. The van der Waals surface area contributed by atoms with Crippen LogP contribution in [0.2, 0.25) is 0 Å². The molecule has 0 saturated carbocycles. The molecule has 1 aromatic heterocycles. The third kappa shape index (κ3) is 2.40. The van der Waals surface area contributed by atoms with Gasteiger partial charge < -0.3 is 4.90 Å². The van der Waals surface area contributed by atoms with Crippen molar-refractivity contribution in [3.05, 3.63) is 69.2 Å². The van der Waals surface area contributed by atoms with Crippen molar-refractivity contribution in [3.8, 4) is 0 Å². The zero-order chi connectivity index (χ0) is 16.8. The molecule has 2 heterocycles. The SMILES string of the molecule is C[C@H]1CCc2cc(F)ccc2N1c1csc2ccc(F)cc2c1=O. The van der Waals surface area contributed by atoms with E-state index in [9.17, 15) is 13.6 Å². The minimum Gasteiger partial charge on any atom is -0.335 e. The van der Waals surface area contributed by atoms with Gasteiger partial charge in [0.1, 0.15) is 17.3 Å². The van der Waals surface area contributed by atoms with Crippen molar-refractivity contribution in [2.24, 2.45) is 0 Å². The highest BCUT2D eigenvalue weighted by Crippen LogP contribution is 2.37. The summed E-state index contributed by atoms with van der Waals surface area (Å²) in [6.45, 7) is 2.05. The molecule has 0 N–H and O–H groups in total. The Morgan fingerprint density at radius 1 is 1.08 bits per heavy atom. The number of anilines is 2. The molecular weight excluding hydrogens is 328 g/mol. The van der Waals surface area contributed by atoms with Gasteiger partial charge in [0, 0.05) is 27.2 Å². The highest BCUT2D eigenvalue weighted by atomic mass is 32.1. The van der Waals surface area contributed by atoms with Crippen LogP contribution in [0.5, 0.6) is 0 Å². The van der Waals surface area contributed by atoms with Gasteiger partial charge in [-0.2, -0.15) is 0 Å². The second kappa shape index (κ2) is 5.67. The van der Waals surface area contributed by atoms with Crippen molar-refractivity contribution >= 4 is 32.8 Å². The van der Waals surface area contributed by atoms with Crippen molar-refractivity contribution in [1.82, 2.24) is 0 Å². The second-order valence-electron chi connectivity index (χ2n) is 6.12. The average Bonchev–Trinajstić information content (AvgIpc) is 2.57. The maximum Gasteiger partial charge on any atom is 0.211 e. The summed E-state index contributed by atoms with van der Waals surface area (Å²) in [7, 11) is 0. The molecule has 0 fully saturated rings. The number of benzene rings is 2. The number of aryl methyl sites for hydroxylation is 1. The Morgan fingerprint density at radius 2 is 1.83 bits per heavy atom. The summed E-state index contributed by atoms with van der Waals surface area (Å²) in [6.07, 6.45) is 1.62. The summed E-state index contributed by atoms with van der Waals surface area (Å²) in [5.74, 6) is -0.688. The van der Waals surface area contributed by atoms with Crippen molar-refractivity contribution in [1.29, 1.82) is 0 Å². The van der Waals surface area contributed by atoms with E-state index in [1.807, 2.05) is 17.2 Å². The van der Waals surface area contributed by atoms with Crippen LogP contribution in [0, 0.1) is 11.6 Å². The van der Waals surface area contributed by atoms with E-state index in [1.54, 1.807) is 12.1 Å². The average molecular weight is 343 g/mol. The maximum absolute atomic E-state index is 13.6. The Hall–Kier alpha value is -2.27. The summed E-state index contributed by atoms with van der Waals surface area (Å²) in [6, 6.07) is 9.07. The topological polar surface area (TPSA) is 20.3 Å². The van der Waals surface area contributed by atoms with Crippen LogP contribution in [0.15, 0.2) is 46.6 Å². The van der Waals surface area contributed by atoms with Gasteiger partial charge in [0.2, 0.25) is 5.43 Å². The molecule has 0 amide bonds. The largest absolute Gasteiger partial charge is 0.335 e. The lowest BCUT2D eigenvalue weighted by Gasteiger charge is -2.36. The molecule has 122 valence electrons. The molecule has 0 unspecified atom stereocenters. The van der Waals surface area contributed by atoms with E-state index < -0.39 is 5.82 Å². The summed E-state index contributed by atoms with van der Waals surface area (Å²) in [4.78, 5) is 14.9. The Bertz CT molecular complexity index is 998. The number of rotatable bonds is 1. The van der Waals surface area contributed by atoms with Crippen molar-refractivity contribution in [2.45, 2.75) is 25.8 Å². The summed E-state index contributed by atoms with van der Waals surface area (Å²) >= 11 is 1.42. The lowest BCUT2D eigenvalue weighted by Crippen LogP contribution is -2.36. The van der Waals surface area contributed by atoms with Crippen molar-refractivity contribution in [2.75, 3.05) is 4.90 Å². The van der Waals surface area contributed by atoms with Gasteiger partial charge in [0.05, 0.1) is 0 Å². The number of fused-ring (bicyclic) bond motifs is 2. The highest BCUT2D eigenvalue weighted by Gasteiger charge is 2.27. The second-order valence-corrected chi connectivity index (χ2v) is 7.03. The minimum atomic E-state index is -0.418. The lowest BCUT2D eigenvalue weighted by atomic mass is 9.96. The summed E-state index contributed by atoms with van der Waals surface area (Å²) < 4.78 is 27.9. The van der Waals surface area contributed by atoms with Gasteiger partial charge in [-0.05, 0) is 61.7 Å². The Kier molecular flexibility index (Phi) is 3.61. The van der Waals surface area contributed by atoms with E-state index in [0.717, 1.165) is 28.8 Å². The van der Waals surface area contributed by atoms with Gasteiger partial charge in [-0.1, -0.05) is 0 Å². The molecule has 0 radical (unpaired) electrons. The van der Waals surface area contributed by atoms with E-state index >= 15 is 0 Å². The van der Waals surface area contributed by atoms with Gasteiger partial charge >= 0.3 is 0 Å². The van der Waals surface area contributed by atoms with E-state index in [1.165, 1.54) is 35.6 Å². The van der Waals surface area contributed by atoms with E-state index in [-0.39, 0.29) is 17.3 Å². The first-order valence-electron chi connectivity index (χ1n) is 7.83. The fourth-order valence-electron chi connectivity index (χ4n) is 3.35. The number of nitrogens with zero attached hydrogens (tertiary/aromatic N) is 1. The third-order valence-electron chi connectivity index (χ3n) is 4.55. The van der Waals surface area contributed by atoms with Crippen LogP contribution in [0.3, 0.4) is 0 Å². The first-order chi connectivity index (χ1) is 11.5. The Morgan fingerprint density at radius 3 is 2.67 bits per heavy atom. The maximum atomic E-state index is 13.6. The van der Waals surface area contributed by atoms with Crippen LogP contribution in [-0.2, 0) is 6.42 Å². The molecule has 2 aromatic carbocycles. The number of hydrogen-bond donors (Lipinski definition) is 0. The van der Waals surface area contributed by atoms with Gasteiger partial charge in [0.15, 0.2) is 0 Å². The fourth-order valence-corrected chi connectivity index (χ4v) is 4.23. The molecule has 0 spiro atoms. The molecule has 0 bridgehead atoms. The zero-order valence-corrected chi connectivity index (χ0v) is 13.9. The number of hydrogen-bond acceptors (Lipinski definition) is 3. The van der Waals surface area contributed by atoms with Crippen LogP contribution in [0.1, 0.15) is 18.9 Å². The summed E-state index contributed by atoms with van der Waals surface area (Å²) in [5.41, 5.74) is 2.09. The van der Waals surface area contributed by atoms with Crippen LogP contribution in [0.25, 0.3) is 10.1 Å². The predicted molar refractivity (Wildman–Crippen MR) is 94.4 cm³/mol. The highest BCUT2D eigenvalue weighted by molar-refractivity contribution is 7.16. The molecule has 1 aliphatic rings. The normalized spacial score (nSPS) is 17.1. The molecule has 2 nitrogen and oxygen atoms in total. The lowest BCUT2D eigenvalue weighted by molar-refractivity contribution is 0.598. The van der Waals surface area contributed by atoms with Crippen LogP contribution in [-0.4, -0.2) is 6.04 Å². The predicted octanol–water partition coefficient (Wildman–Crippen LogP) is 5.01. The van der Waals surface area contributed by atoms with E-state index in [0.29, 0.717) is 11.1 Å². The molecule has 5 heteroatoms. The van der Waals surface area contributed by atoms with E-state index in [4.69, 9.17) is 0 Å². The summed E-state index contributed by atoms with van der Waals surface area (Å²) in [5, 5.41) is 2.20. The molecule has 0 aliphatic carbocycles. The van der Waals surface area contributed by atoms with Gasteiger partial charge in [-0.3, -0.25) is 4.79 Å². The smallest absolute Gasteiger partial charge is 0.211 e. The Labute approximate surface area is 142 Å². The monoisotopic (exact) mass is 343 g/mol. The molecule has 1 aliphatic heterocycles. The minimum absolute atomic E-state index is 0.119. The molecule has 24 heavy (non-hydrogen) atoms. The Balaban J connectivity index is 1.94. The molecule has 3 aromatic rings. The molecule has 4 rings (SSSR count). The fraction of sp³-hybridized carbons (Fsp3) is 0.211. The van der Waals surface area contributed by atoms with Crippen LogP contribution >= 0.6 is 11.3 Å². The van der Waals surface area contributed by atoms with Crippen molar-refractivity contribution < 1.29 is 8.78 Å². The number of halogens is 2. The van der Waals surface area contributed by atoms with Gasteiger partial charge in [-0.25, -0.2) is 8.78 Å².